The lowest BCUT2D eigenvalue weighted by Gasteiger charge is -2.09. The van der Waals surface area contributed by atoms with E-state index in [9.17, 15) is 8.78 Å². The number of halogens is 3. The second-order valence-electron chi connectivity index (χ2n) is 3.23. The van der Waals surface area contributed by atoms with Gasteiger partial charge in [0.25, 0.3) is 0 Å². The SMILES string of the molecule is Cc1ccc(OC(F)F)c(CN=C(N)N)c1.I. The summed E-state index contributed by atoms with van der Waals surface area (Å²) in [6.45, 7) is -0.905. The van der Waals surface area contributed by atoms with Gasteiger partial charge in [0.15, 0.2) is 5.96 Å². The minimum atomic E-state index is -2.86. The monoisotopic (exact) mass is 357 g/mol. The molecular formula is C10H14F2IN3O. The molecule has 0 fully saturated rings. The predicted molar refractivity (Wildman–Crippen MR) is 72.7 cm³/mol. The van der Waals surface area contributed by atoms with Gasteiger partial charge in [0.1, 0.15) is 5.75 Å². The largest absolute Gasteiger partial charge is 0.434 e. The third kappa shape index (κ3) is 5.66. The topological polar surface area (TPSA) is 73.6 Å². The lowest BCUT2D eigenvalue weighted by molar-refractivity contribution is -0.0504. The molecule has 0 unspecified atom stereocenters. The normalized spacial score (nSPS) is 9.65. The van der Waals surface area contributed by atoms with Crippen LogP contribution in [0.3, 0.4) is 0 Å². The Morgan fingerprint density at radius 2 is 2.06 bits per heavy atom. The van der Waals surface area contributed by atoms with Crippen LogP contribution in [0.2, 0.25) is 0 Å². The summed E-state index contributed by atoms with van der Waals surface area (Å²) in [5, 5.41) is 0. The fourth-order valence-electron chi connectivity index (χ4n) is 1.22. The molecule has 4 N–H and O–H groups in total. The highest BCUT2D eigenvalue weighted by atomic mass is 127. The second kappa shape index (κ2) is 7.25. The van der Waals surface area contributed by atoms with Gasteiger partial charge in [0, 0.05) is 5.56 Å². The molecule has 0 amide bonds. The number of rotatable bonds is 4. The molecule has 7 heteroatoms. The first-order valence-electron chi connectivity index (χ1n) is 4.59. The molecule has 0 atom stereocenters. The summed E-state index contributed by atoms with van der Waals surface area (Å²) < 4.78 is 28.5. The molecule has 0 bridgehead atoms. The standard InChI is InChI=1S/C10H13F2N3O.HI/c1-6-2-3-8(16-9(11)12)7(4-6)5-15-10(13)14;/h2-4,9H,5H2,1H3,(H4,13,14,15);1H. The Bertz CT molecular complexity index is 395. The molecule has 0 saturated heterocycles. The van der Waals surface area contributed by atoms with Crippen molar-refractivity contribution in [1.82, 2.24) is 0 Å². The number of ether oxygens (including phenoxy) is 1. The van der Waals surface area contributed by atoms with Crippen LogP contribution in [0.15, 0.2) is 23.2 Å². The van der Waals surface area contributed by atoms with Gasteiger partial charge in [-0.3, -0.25) is 0 Å². The number of hydrogen-bond donors (Lipinski definition) is 2. The number of alkyl halides is 2. The molecule has 0 spiro atoms. The molecule has 17 heavy (non-hydrogen) atoms. The Labute approximate surface area is 115 Å². The Morgan fingerprint density at radius 3 is 2.59 bits per heavy atom. The molecule has 0 saturated carbocycles. The zero-order valence-corrected chi connectivity index (χ0v) is 11.5. The van der Waals surface area contributed by atoms with Crippen molar-refractivity contribution in [2.24, 2.45) is 16.5 Å². The van der Waals surface area contributed by atoms with Gasteiger partial charge in [0.2, 0.25) is 0 Å². The number of nitrogens with zero attached hydrogens (tertiary/aromatic N) is 1. The lowest BCUT2D eigenvalue weighted by Crippen LogP contribution is -2.22. The van der Waals surface area contributed by atoms with Crippen LogP contribution in [-0.2, 0) is 6.54 Å². The van der Waals surface area contributed by atoms with E-state index >= 15 is 0 Å². The van der Waals surface area contributed by atoms with Gasteiger partial charge in [-0.1, -0.05) is 17.7 Å². The fraction of sp³-hybridized carbons (Fsp3) is 0.300. The number of guanidine groups is 1. The Morgan fingerprint density at radius 1 is 1.41 bits per heavy atom. The van der Waals surface area contributed by atoms with Crippen molar-refractivity contribution in [2.45, 2.75) is 20.1 Å². The minimum Gasteiger partial charge on any atom is -0.434 e. The highest BCUT2D eigenvalue weighted by molar-refractivity contribution is 14.0. The maximum Gasteiger partial charge on any atom is 0.387 e. The van der Waals surface area contributed by atoms with Crippen LogP contribution in [0.4, 0.5) is 8.78 Å². The van der Waals surface area contributed by atoms with E-state index in [0.717, 1.165) is 5.56 Å². The molecular weight excluding hydrogens is 343 g/mol. The van der Waals surface area contributed by atoms with Crippen LogP contribution in [0, 0.1) is 6.92 Å². The van der Waals surface area contributed by atoms with Gasteiger partial charge in [-0.15, -0.1) is 24.0 Å². The van der Waals surface area contributed by atoms with Crippen LogP contribution in [0.25, 0.3) is 0 Å². The van der Waals surface area contributed by atoms with Crippen LogP contribution < -0.4 is 16.2 Å². The van der Waals surface area contributed by atoms with Crippen molar-refractivity contribution >= 4 is 29.9 Å². The van der Waals surface area contributed by atoms with Crippen molar-refractivity contribution in [3.8, 4) is 5.75 Å². The molecule has 0 aliphatic carbocycles. The van der Waals surface area contributed by atoms with E-state index < -0.39 is 6.61 Å². The first-order valence-corrected chi connectivity index (χ1v) is 4.59. The minimum absolute atomic E-state index is 0. The van der Waals surface area contributed by atoms with E-state index in [0.29, 0.717) is 5.56 Å². The molecule has 0 heterocycles. The average Bonchev–Trinajstić information content (AvgIpc) is 2.17. The molecule has 0 aliphatic rings. The average molecular weight is 357 g/mol. The van der Waals surface area contributed by atoms with E-state index in [4.69, 9.17) is 11.5 Å². The highest BCUT2D eigenvalue weighted by Crippen LogP contribution is 2.22. The molecule has 1 aromatic carbocycles. The summed E-state index contributed by atoms with van der Waals surface area (Å²) in [4.78, 5) is 3.75. The summed E-state index contributed by atoms with van der Waals surface area (Å²) in [5.41, 5.74) is 11.8. The number of nitrogens with two attached hydrogens (primary N) is 2. The smallest absolute Gasteiger partial charge is 0.387 e. The number of aryl methyl sites for hydroxylation is 1. The zero-order chi connectivity index (χ0) is 12.1. The molecule has 1 rings (SSSR count). The summed E-state index contributed by atoms with van der Waals surface area (Å²) >= 11 is 0. The predicted octanol–water partition coefficient (Wildman–Crippen LogP) is 1.99. The summed E-state index contributed by atoms with van der Waals surface area (Å²) in [7, 11) is 0. The van der Waals surface area contributed by atoms with Crippen molar-refractivity contribution in [3.05, 3.63) is 29.3 Å². The van der Waals surface area contributed by atoms with Crippen molar-refractivity contribution < 1.29 is 13.5 Å². The van der Waals surface area contributed by atoms with E-state index in [2.05, 4.69) is 9.73 Å². The quantitative estimate of drug-likeness (QED) is 0.492. The Kier molecular flexibility index (Phi) is 6.78. The fourth-order valence-corrected chi connectivity index (χ4v) is 1.22. The molecule has 0 aromatic heterocycles. The molecule has 0 radical (unpaired) electrons. The van der Waals surface area contributed by atoms with Crippen LogP contribution >= 0.6 is 24.0 Å². The third-order valence-electron chi connectivity index (χ3n) is 1.86. The first kappa shape index (κ1) is 15.9. The number of aliphatic imine (C=N–C) groups is 1. The summed E-state index contributed by atoms with van der Waals surface area (Å²) in [6.07, 6.45) is 0. The maximum atomic E-state index is 12.1. The third-order valence-corrected chi connectivity index (χ3v) is 1.86. The van der Waals surface area contributed by atoms with E-state index in [1.807, 2.05) is 6.92 Å². The van der Waals surface area contributed by atoms with Crippen LogP contribution in [-0.4, -0.2) is 12.6 Å². The van der Waals surface area contributed by atoms with Gasteiger partial charge in [-0.05, 0) is 13.0 Å². The van der Waals surface area contributed by atoms with E-state index in [1.165, 1.54) is 6.07 Å². The maximum absolute atomic E-state index is 12.1. The molecule has 1 aromatic rings. The molecule has 4 nitrogen and oxygen atoms in total. The van der Waals surface area contributed by atoms with E-state index in [1.54, 1.807) is 12.1 Å². The summed E-state index contributed by atoms with van der Waals surface area (Å²) in [5.74, 6) is -0.00453. The zero-order valence-electron chi connectivity index (χ0n) is 9.19. The number of hydrogen-bond acceptors (Lipinski definition) is 2. The Balaban J connectivity index is 0.00000256. The van der Waals surface area contributed by atoms with Crippen molar-refractivity contribution in [1.29, 1.82) is 0 Å². The van der Waals surface area contributed by atoms with Crippen LogP contribution in [0.1, 0.15) is 11.1 Å². The lowest BCUT2D eigenvalue weighted by atomic mass is 10.1. The van der Waals surface area contributed by atoms with Crippen molar-refractivity contribution in [3.63, 3.8) is 0 Å². The van der Waals surface area contributed by atoms with Crippen LogP contribution in [0.5, 0.6) is 5.75 Å². The van der Waals surface area contributed by atoms with Gasteiger partial charge < -0.3 is 16.2 Å². The van der Waals surface area contributed by atoms with Crippen molar-refractivity contribution in [2.75, 3.05) is 0 Å². The van der Waals surface area contributed by atoms with Gasteiger partial charge in [0.05, 0.1) is 6.54 Å². The highest BCUT2D eigenvalue weighted by Gasteiger charge is 2.09. The number of benzene rings is 1. The molecule has 0 aliphatic heterocycles. The summed E-state index contributed by atoms with van der Waals surface area (Å²) in [6, 6.07) is 4.85. The first-order chi connectivity index (χ1) is 7.49. The van der Waals surface area contributed by atoms with Gasteiger partial charge in [-0.2, -0.15) is 8.78 Å². The second-order valence-corrected chi connectivity index (χ2v) is 3.23. The van der Waals surface area contributed by atoms with E-state index in [-0.39, 0.29) is 42.2 Å². The molecule has 96 valence electrons. The Hall–Kier alpha value is -1.12. The van der Waals surface area contributed by atoms with Gasteiger partial charge in [-0.25, -0.2) is 4.99 Å². The van der Waals surface area contributed by atoms with Gasteiger partial charge >= 0.3 is 6.61 Å².